The normalized spacial score (nSPS) is 14.8. The molecule has 0 bridgehead atoms. The van der Waals surface area contributed by atoms with E-state index in [-0.39, 0.29) is 5.41 Å². The summed E-state index contributed by atoms with van der Waals surface area (Å²) in [6.45, 7) is 8.17. The minimum atomic E-state index is 0.0162. The summed E-state index contributed by atoms with van der Waals surface area (Å²) in [6.07, 6.45) is 3.71. The third kappa shape index (κ3) is 3.46. The molecule has 0 spiro atoms. The molecule has 0 saturated carbocycles. The molecular formula is C10H19NO. The van der Waals surface area contributed by atoms with E-state index in [0.29, 0.717) is 0 Å². The molecule has 0 amide bonds. The van der Waals surface area contributed by atoms with Gasteiger partial charge in [-0.3, -0.25) is 0 Å². The largest absolute Gasteiger partial charge is 0.500 e. The van der Waals surface area contributed by atoms with Crippen LogP contribution in [0, 0.1) is 5.41 Å². The molecule has 12 heavy (non-hydrogen) atoms. The number of hydrogen-bond donors (Lipinski definition) is 1. The van der Waals surface area contributed by atoms with Gasteiger partial charge in [-0.05, 0) is 13.0 Å². The molecule has 2 heteroatoms. The second kappa shape index (κ2) is 4.19. The van der Waals surface area contributed by atoms with E-state index in [4.69, 9.17) is 10.5 Å². The van der Waals surface area contributed by atoms with Crippen LogP contribution in [0.3, 0.4) is 0 Å². The van der Waals surface area contributed by atoms with Gasteiger partial charge in [0, 0.05) is 11.1 Å². The Balaban J connectivity index is 4.68. The van der Waals surface area contributed by atoms with Gasteiger partial charge in [-0.1, -0.05) is 26.8 Å². The maximum absolute atomic E-state index is 5.65. The first-order valence-corrected chi connectivity index (χ1v) is 4.09. The number of nitrogens with two attached hydrogens (primary N) is 1. The Labute approximate surface area is 75.1 Å². The van der Waals surface area contributed by atoms with Gasteiger partial charge in [0.15, 0.2) is 0 Å². The lowest BCUT2D eigenvalue weighted by atomic mass is 9.93. The second-order valence-electron chi connectivity index (χ2n) is 3.75. The van der Waals surface area contributed by atoms with E-state index >= 15 is 0 Å². The summed E-state index contributed by atoms with van der Waals surface area (Å²) in [5.41, 5.74) is 6.40. The summed E-state index contributed by atoms with van der Waals surface area (Å²) >= 11 is 0. The fraction of sp³-hybridized carbons (Fsp3) is 0.600. The average molecular weight is 169 g/mol. The van der Waals surface area contributed by atoms with Gasteiger partial charge in [-0.15, -0.1) is 0 Å². The number of allylic oxidation sites excluding steroid dienone is 3. The molecule has 0 aromatic rings. The molecule has 0 unspecified atom stereocenters. The summed E-state index contributed by atoms with van der Waals surface area (Å²) in [6, 6.07) is 0. The molecule has 0 rings (SSSR count). The third-order valence-corrected chi connectivity index (χ3v) is 1.59. The predicted molar refractivity (Wildman–Crippen MR) is 52.5 cm³/mol. The highest BCUT2D eigenvalue weighted by atomic mass is 16.5. The highest BCUT2D eigenvalue weighted by Crippen LogP contribution is 2.25. The highest BCUT2D eigenvalue weighted by molar-refractivity contribution is 5.20. The zero-order valence-electron chi connectivity index (χ0n) is 8.64. The van der Waals surface area contributed by atoms with Crippen molar-refractivity contribution < 1.29 is 4.74 Å². The molecular weight excluding hydrogens is 150 g/mol. The Morgan fingerprint density at radius 2 is 1.83 bits per heavy atom. The van der Waals surface area contributed by atoms with Crippen molar-refractivity contribution in [3.63, 3.8) is 0 Å². The molecule has 0 aliphatic heterocycles. The monoisotopic (exact) mass is 169 g/mol. The van der Waals surface area contributed by atoms with Crippen molar-refractivity contribution in [2.24, 2.45) is 11.1 Å². The first-order valence-electron chi connectivity index (χ1n) is 4.09. The first kappa shape index (κ1) is 11.1. The number of hydrogen-bond acceptors (Lipinski definition) is 2. The van der Waals surface area contributed by atoms with Crippen LogP contribution < -0.4 is 5.73 Å². The minimum Gasteiger partial charge on any atom is -0.500 e. The van der Waals surface area contributed by atoms with Crippen molar-refractivity contribution >= 4 is 0 Å². The maximum atomic E-state index is 5.65. The number of methoxy groups -OCH3 is 1. The van der Waals surface area contributed by atoms with Gasteiger partial charge in [0.05, 0.1) is 7.11 Å². The van der Waals surface area contributed by atoms with E-state index in [0.717, 1.165) is 11.5 Å². The fourth-order valence-corrected chi connectivity index (χ4v) is 0.816. The van der Waals surface area contributed by atoms with E-state index in [1.165, 1.54) is 0 Å². The Morgan fingerprint density at radius 1 is 1.33 bits per heavy atom. The Bertz CT molecular complexity index is 196. The van der Waals surface area contributed by atoms with Crippen LogP contribution in [0.2, 0.25) is 0 Å². The zero-order valence-corrected chi connectivity index (χ0v) is 8.64. The van der Waals surface area contributed by atoms with Crippen LogP contribution in [0.5, 0.6) is 0 Å². The van der Waals surface area contributed by atoms with E-state index in [2.05, 4.69) is 20.8 Å². The van der Waals surface area contributed by atoms with Gasteiger partial charge in [0.1, 0.15) is 5.76 Å². The van der Waals surface area contributed by atoms with Gasteiger partial charge in [-0.2, -0.15) is 0 Å². The number of ether oxygens (including phenoxy) is 1. The quantitative estimate of drug-likeness (QED) is 0.509. The first-order chi connectivity index (χ1) is 5.41. The predicted octanol–water partition coefficient (Wildman–Crippen LogP) is 2.43. The topological polar surface area (TPSA) is 35.2 Å². The van der Waals surface area contributed by atoms with Gasteiger partial charge in [-0.25, -0.2) is 0 Å². The van der Waals surface area contributed by atoms with E-state index in [1.54, 1.807) is 7.11 Å². The maximum Gasteiger partial charge on any atom is 0.103 e. The molecule has 0 atom stereocenters. The molecule has 70 valence electrons. The van der Waals surface area contributed by atoms with Gasteiger partial charge in [0.2, 0.25) is 0 Å². The molecule has 0 fully saturated rings. The Hall–Kier alpha value is -0.920. The van der Waals surface area contributed by atoms with Crippen molar-refractivity contribution in [1.82, 2.24) is 0 Å². The smallest absolute Gasteiger partial charge is 0.103 e. The molecule has 0 heterocycles. The molecule has 0 saturated heterocycles. The van der Waals surface area contributed by atoms with Crippen LogP contribution in [-0.2, 0) is 4.74 Å². The molecule has 0 aromatic heterocycles. The molecule has 0 aromatic carbocycles. The summed E-state index contributed by atoms with van der Waals surface area (Å²) in [5, 5.41) is 0. The molecule has 0 radical (unpaired) electrons. The van der Waals surface area contributed by atoms with Crippen molar-refractivity contribution in [1.29, 1.82) is 0 Å². The summed E-state index contributed by atoms with van der Waals surface area (Å²) in [7, 11) is 1.67. The molecule has 0 aliphatic rings. The lowest BCUT2D eigenvalue weighted by molar-refractivity contribution is 0.206. The van der Waals surface area contributed by atoms with Crippen LogP contribution in [0.1, 0.15) is 27.7 Å². The number of rotatable bonds is 2. The molecule has 0 aliphatic carbocycles. The summed E-state index contributed by atoms with van der Waals surface area (Å²) < 4.78 is 5.23. The van der Waals surface area contributed by atoms with E-state index in [1.807, 2.05) is 19.1 Å². The lowest BCUT2D eigenvalue weighted by Gasteiger charge is -2.21. The third-order valence-electron chi connectivity index (χ3n) is 1.59. The van der Waals surface area contributed by atoms with Crippen LogP contribution in [0.25, 0.3) is 0 Å². The van der Waals surface area contributed by atoms with E-state index in [9.17, 15) is 0 Å². The standard InChI is InChI=1S/C10H19NO/c1-6-8(11)7-9(12-5)10(2,3)4/h6-7H,11H2,1-5H3/b8-6+,9-7-. The molecule has 2 nitrogen and oxygen atoms in total. The zero-order chi connectivity index (χ0) is 9.78. The SMILES string of the molecule is C/C=C(N)\C=C(/OC)C(C)(C)C. The highest BCUT2D eigenvalue weighted by Gasteiger charge is 2.17. The lowest BCUT2D eigenvalue weighted by Crippen LogP contribution is -2.12. The van der Waals surface area contributed by atoms with Gasteiger partial charge < -0.3 is 10.5 Å². The second-order valence-corrected chi connectivity index (χ2v) is 3.75. The van der Waals surface area contributed by atoms with Crippen molar-refractivity contribution in [2.45, 2.75) is 27.7 Å². The molecule has 2 N–H and O–H groups in total. The van der Waals surface area contributed by atoms with Crippen LogP contribution in [0.4, 0.5) is 0 Å². The van der Waals surface area contributed by atoms with Gasteiger partial charge in [0.25, 0.3) is 0 Å². The summed E-state index contributed by atoms with van der Waals surface area (Å²) in [4.78, 5) is 0. The van der Waals surface area contributed by atoms with Gasteiger partial charge >= 0.3 is 0 Å². The van der Waals surface area contributed by atoms with Crippen molar-refractivity contribution in [2.75, 3.05) is 7.11 Å². The van der Waals surface area contributed by atoms with Crippen LogP contribution in [-0.4, -0.2) is 7.11 Å². The minimum absolute atomic E-state index is 0.0162. The Kier molecular flexibility index (Phi) is 3.87. The van der Waals surface area contributed by atoms with Crippen LogP contribution in [0.15, 0.2) is 23.6 Å². The van der Waals surface area contributed by atoms with Crippen molar-refractivity contribution in [3.8, 4) is 0 Å². The Morgan fingerprint density at radius 3 is 2.08 bits per heavy atom. The average Bonchev–Trinajstić information content (AvgIpc) is 1.97. The summed E-state index contributed by atoms with van der Waals surface area (Å²) in [5.74, 6) is 0.901. The van der Waals surface area contributed by atoms with Crippen molar-refractivity contribution in [3.05, 3.63) is 23.6 Å². The van der Waals surface area contributed by atoms with E-state index < -0.39 is 0 Å². The van der Waals surface area contributed by atoms with Crippen LogP contribution >= 0.6 is 0 Å². The fourth-order valence-electron chi connectivity index (χ4n) is 0.816.